The van der Waals surface area contributed by atoms with Gasteiger partial charge in [0, 0.05) is 25.3 Å². The predicted octanol–water partition coefficient (Wildman–Crippen LogP) is -0.0726. The molecular formula is C24H26FN5O6. The summed E-state index contributed by atoms with van der Waals surface area (Å²) >= 11 is 0. The van der Waals surface area contributed by atoms with E-state index in [4.69, 9.17) is 20.6 Å². The van der Waals surface area contributed by atoms with E-state index < -0.39 is 41.2 Å². The van der Waals surface area contributed by atoms with Crippen LogP contribution in [0, 0.1) is 11.2 Å². The zero-order chi connectivity index (χ0) is 25.9. The molecule has 4 rings (SSSR count). The van der Waals surface area contributed by atoms with E-state index in [1.807, 2.05) is 5.32 Å². The summed E-state index contributed by atoms with van der Waals surface area (Å²) in [7, 11) is 0. The number of anilines is 1. The summed E-state index contributed by atoms with van der Waals surface area (Å²) in [4.78, 5) is 42.2. The van der Waals surface area contributed by atoms with Crippen LogP contribution in [0.4, 0.5) is 10.1 Å². The van der Waals surface area contributed by atoms with E-state index in [0.29, 0.717) is 26.3 Å². The molecule has 5 N–H and O–H groups in total. The van der Waals surface area contributed by atoms with Crippen molar-refractivity contribution in [3.05, 3.63) is 65.5 Å². The molecule has 2 saturated heterocycles. The van der Waals surface area contributed by atoms with Crippen molar-refractivity contribution >= 4 is 29.4 Å². The van der Waals surface area contributed by atoms with Gasteiger partial charge in [0.1, 0.15) is 5.82 Å². The van der Waals surface area contributed by atoms with Crippen LogP contribution in [0.3, 0.4) is 0 Å². The maximum absolute atomic E-state index is 14.6. The minimum absolute atomic E-state index is 0.0331. The average molecular weight is 499 g/mol. The summed E-state index contributed by atoms with van der Waals surface area (Å²) in [6, 6.07) is 11.4. The number of nitrogens with one attached hydrogen (secondary N) is 2. The number of carbonyl (C=O) groups excluding carboxylic acids is 3. The van der Waals surface area contributed by atoms with Crippen molar-refractivity contribution in [1.82, 2.24) is 10.2 Å². The average Bonchev–Trinajstić information content (AvgIpc) is 2.89. The summed E-state index contributed by atoms with van der Waals surface area (Å²) in [5.74, 6) is -3.91. The van der Waals surface area contributed by atoms with Gasteiger partial charge in [-0.3, -0.25) is 25.1 Å². The number of aliphatic hydroxyl groups is 1. The highest BCUT2D eigenvalue weighted by molar-refractivity contribution is 6.07. The van der Waals surface area contributed by atoms with E-state index in [9.17, 15) is 23.9 Å². The lowest BCUT2D eigenvalue weighted by Gasteiger charge is -2.40. The highest BCUT2D eigenvalue weighted by Gasteiger charge is 2.53. The van der Waals surface area contributed by atoms with Gasteiger partial charge in [-0.25, -0.2) is 4.39 Å². The fourth-order valence-corrected chi connectivity index (χ4v) is 4.23. The molecule has 2 heterocycles. The van der Waals surface area contributed by atoms with Crippen molar-refractivity contribution in [3.8, 4) is 0 Å². The smallest absolute Gasteiger partial charge is 0.266 e. The monoisotopic (exact) mass is 499 g/mol. The van der Waals surface area contributed by atoms with Gasteiger partial charge in [0.25, 0.3) is 17.7 Å². The Morgan fingerprint density at radius 1 is 1.11 bits per heavy atom. The first-order valence-corrected chi connectivity index (χ1v) is 11.3. The molecule has 2 fully saturated rings. The molecule has 11 nitrogen and oxygen atoms in total. The van der Waals surface area contributed by atoms with Gasteiger partial charge >= 0.3 is 0 Å². The summed E-state index contributed by atoms with van der Waals surface area (Å²) in [6.45, 7) is 1.29. The number of nitrogens with two attached hydrogens (primary N) is 1. The Labute approximate surface area is 206 Å². The molecule has 36 heavy (non-hydrogen) atoms. The molecule has 0 bridgehead atoms. The SMILES string of the molecule is N=C(N)NC(=O)[C@@](O)(c1ccccc1)[C@H]1OCCN(c2ccc(F)c(C(=O)N3CCOCC3)c2)C1=O. The van der Waals surface area contributed by atoms with Gasteiger partial charge < -0.3 is 30.1 Å². The molecule has 2 aliphatic heterocycles. The van der Waals surface area contributed by atoms with E-state index in [2.05, 4.69) is 0 Å². The molecule has 2 aromatic carbocycles. The first-order valence-electron chi connectivity index (χ1n) is 11.3. The molecule has 0 radical (unpaired) electrons. The van der Waals surface area contributed by atoms with E-state index in [0.717, 1.165) is 6.07 Å². The van der Waals surface area contributed by atoms with Gasteiger partial charge in [-0.2, -0.15) is 0 Å². The molecule has 190 valence electrons. The number of carbonyl (C=O) groups is 3. The topological polar surface area (TPSA) is 158 Å². The molecule has 12 heteroatoms. The predicted molar refractivity (Wildman–Crippen MR) is 126 cm³/mol. The summed E-state index contributed by atoms with van der Waals surface area (Å²) in [6.07, 6.45) is -1.71. The van der Waals surface area contributed by atoms with Crippen LogP contribution in [0.2, 0.25) is 0 Å². The highest BCUT2D eigenvalue weighted by atomic mass is 19.1. The summed E-state index contributed by atoms with van der Waals surface area (Å²) in [5, 5.41) is 21.0. The van der Waals surface area contributed by atoms with Gasteiger partial charge in [-0.05, 0) is 23.8 Å². The number of ether oxygens (including phenoxy) is 2. The quantitative estimate of drug-likeness (QED) is 0.331. The number of rotatable bonds is 5. The second kappa shape index (κ2) is 10.4. The zero-order valence-electron chi connectivity index (χ0n) is 19.3. The lowest BCUT2D eigenvalue weighted by atomic mass is 9.85. The van der Waals surface area contributed by atoms with Crippen LogP contribution >= 0.6 is 0 Å². The number of hydrogen-bond acceptors (Lipinski definition) is 7. The third-order valence-corrected chi connectivity index (χ3v) is 6.07. The van der Waals surface area contributed by atoms with Crippen molar-refractivity contribution in [2.45, 2.75) is 11.7 Å². The standard InChI is InChI=1S/C24H26FN5O6/c25-18-7-6-16(14-17(18)20(31)29-8-11-35-12-9-29)30-10-13-36-19(21(30)32)24(34,22(33)28-23(26)27)15-4-2-1-3-5-15/h1-7,14,19,34H,8-13H2,(H4,26,27,28,33)/t19-,24+/m0/s1. The highest BCUT2D eigenvalue weighted by Crippen LogP contribution is 2.33. The zero-order valence-corrected chi connectivity index (χ0v) is 19.3. The molecule has 0 aromatic heterocycles. The molecule has 0 saturated carbocycles. The Hall–Kier alpha value is -3.87. The molecule has 2 atom stereocenters. The van der Waals surface area contributed by atoms with Crippen molar-refractivity contribution in [2.75, 3.05) is 44.4 Å². The Bertz CT molecular complexity index is 1170. The number of amides is 3. The van der Waals surface area contributed by atoms with Crippen molar-refractivity contribution in [3.63, 3.8) is 0 Å². The van der Waals surface area contributed by atoms with E-state index in [1.54, 1.807) is 18.2 Å². The largest absolute Gasteiger partial charge is 0.378 e. The molecule has 0 unspecified atom stereocenters. The summed E-state index contributed by atoms with van der Waals surface area (Å²) < 4.78 is 25.4. The van der Waals surface area contributed by atoms with Crippen molar-refractivity contribution in [2.24, 2.45) is 5.73 Å². The second-order valence-electron chi connectivity index (χ2n) is 8.31. The van der Waals surface area contributed by atoms with E-state index >= 15 is 0 Å². The van der Waals surface area contributed by atoms with Gasteiger partial charge in [0.2, 0.25) is 5.60 Å². The maximum atomic E-state index is 14.6. The Morgan fingerprint density at radius 3 is 2.47 bits per heavy atom. The minimum atomic E-state index is -2.53. The third kappa shape index (κ3) is 4.78. The number of halogens is 1. The lowest BCUT2D eigenvalue weighted by Crippen LogP contribution is -2.63. The molecular weight excluding hydrogens is 473 g/mol. The van der Waals surface area contributed by atoms with Crippen LogP contribution in [0.15, 0.2) is 48.5 Å². The molecule has 0 aliphatic carbocycles. The Balaban J connectivity index is 1.68. The molecule has 3 amide bonds. The number of morpholine rings is 2. The minimum Gasteiger partial charge on any atom is -0.378 e. The van der Waals surface area contributed by atoms with Gasteiger partial charge in [-0.15, -0.1) is 0 Å². The number of nitrogens with zero attached hydrogens (tertiary/aromatic N) is 2. The normalized spacial score (nSPS) is 19.9. The van der Waals surface area contributed by atoms with Gasteiger partial charge in [0.05, 0.1) is 25.4 Å². The van der Waals surface area contributed by atoms with Crippen molar-refractivity contribution in [1.29, 1.82) is 5.41 Å². The second-order valence-corrected chi connectivity index (χ2v) is 8.31. The van der Waals surface area contributed by atoms with Crippen LogP contribution in [0.25, 0.3) is 0 Å². The van der Waals surface area contributed by atoms with E-state index in [-0.39, 0.29) is 30.0 Å². The third-order valence-electron chi connectivity index (χ3n) is 6.07. The fourth-order valence-electron chi connectivity index (χ4n) is 4.23. The van der Waals surface area contributed by atoms with Crippen molar-refractivity contribution < 1.29 is 33.4 Å². The van der Waals surface area contributed by atoms with Crippen LogP contribution < -0.4 is 16.0 Å². The number of hydrogen-bond donors (Lipinski definition) is 4. The van der Waals surface area contributed by atoms with Crippen LogP contribution in [0.5, 0.6) is 0 Å². The fraction of sp³-hybridized carbons (Fsp3) is 0.333. The summed E-state index contributed by atoms with van der Waals surface area (Å²) in [5.41, 5.74) is 2.80. The van der Waals surface area contributed by atoms with Crippen LogP contribution in [-0.4, -0.2) is 79.2 Å². The van der Waals surface area contributed by atoms with Crippen LogP contribution in [0.1, 0.15) is 15.9 Å². The maximum Gasteiger partial charge on any atom is 0.266 e. The first-order chi connectivity index (χ1) is 17.2. The lowest BCUT2D eigenvalue weighted by molar-refractivity contribution is -0.172. The molecule has 2 aliphatic rings. The Kier molecular flexibility index (Phi) is 7.29. The number of guanidine groups is 1. The van der Waals surface area contributed by atoms with Gasteiger partial charge in [-0.1, -0.05) is 30.3 Å². The Morgan fingerprint density at radius 2 is 1.81 bits per heavy atom. The number of benzene rings is 2. The first kappa shape index (κ1) is 25.2. The van der Waals surface area contributed by atoms with Gasteiger partial charge in [0.15, 0.2) is 12.1 Å². The molecule has 2 aromatic rings. The molecule has 0 spiro atoms. The van der Waals surface area contributed by atoms with Crippen LogP contribution in [-0.2, 0) is 24.7 Å². The van der Waals surface area contributed by atoms with E-state index in [1.165, 1.54) is 34.1 Å².